The number of carbonyl (C=O) groups is 1. The molecule has 0 radical (unpaired) electrons. The van der Waals surface area contributed by atoms with Gasteiger partial charge in [0.15, 0.2) is 34.0 Å². The Morgan fingerprint density at radius 1 is 0.779 bits per heavy atom. The maximum absolute atomic E-state index is 13.4. The lowest BCUT2D eigenvalue weighted by Gasteiger charge is -2.40. The van der Waals surface area contributed by atoms with Crippen LogP contribution >= 0.6 is 15.2 Å². The van der Waals surface area contributed by atoms with E-state index in [9.17, 15) is 15.3 Å². The van der Waals surface area contributed by atoms with E-state index in [1.54, 1.807) is 47.8 Å². The van der Waals surface area contributed by atoms with Gasteiger partial charge in [0.25, 0.3) is 21.1 Å². The van der Waals surface area contributed by atoms with Gasteiger partial charge in [-0.2, -0.15) is 10.5 Å². The van der Waals surface area contributed by atoms with Gasteiger partial charge in [-0.25, -0.2) is 44.7 Å². The Labute approximate surface area is 504 Å². The van der Waals surface area contributed by atoms with E-state index in [0.717, 1.165) is 16.7 Å². The molecule has 7 heterocycles. The van der Waals surface area contributed by atoms with Gasteiger partial charge in [0.05, 0.1) is 75.4 Å². The largest absolute Gasteiger partial charge is 0.369 e. The second-order valence-corrected chi connectivity index (χ2v) is 26.0. The fraction of sp³-hybridized carbons (Fsp3) is 0.367. The molecule has 3 N–H and O–H groups in total. The van der Waals surface area contributed by atoms with Crippen molar-refractivity contribution in [3.05, 3.63) is 169 Å². The van der Waals surface area contributed by atoms with Crippen LogP contribution in [0.25, 0.3) is 22.3 Å². The van der Waals surface area contributed by atoms with Crippen LogP contribution in [0.5, 0.6) is 0 Å². The van der Waals surface area contributed by atoms with Gasteiger partial charge in [0.2, 0.25) is 0 Å². The predicted octanol–water partition coefficient (Wildman–Crippen LogP) is 9.45. The second-order valence-electron chi connectivity index (χ2n) is 21.4. The van der Waals surface area contributed by atoms with E-state index >= 15 is 0 Å². The van der Waals surface area contributed by atoms with E-state index in [4.69, 9.17) is 54.3 Å². The minimum Gasteiger partial charge on any atom is -0.369 e. The summed E-state index contributed by atoms with van der Waals surface area (Å²) in [6, 6.07) is 42.9. The van der Waals surface area contributed by atoms with Gasteiger partial charge in [-0.05, 0) is 61.4 Å². The number of aromatic nitrogens is 8. The number of amides is 1. The van der Waals surface area contributed by atoms with Gasteiger partial charge in [-0.1, -0.05) is 109 Å². The molecule has 4 aromatic heterocycles. The third-order valence-corrected chi connectivity index (χ3v) is 19.8. The zero-order valence-corrected chi connectivity index (χ0v) is 50.7. The normalized spacial score (nSPS) is 23.2. The number of nitrogens with one attached hydrogen (secondary N) is 3. The SMILES string of the molecule is CC(C)N1C(C)C(C2O[C@@H](n3cnc4c(NC(=O)c5ccccc5)ncnc43)C[C@H]2NP(=S)(OCCC#N)OCC2O[C@@H](n3cnc4c(N=CN(C)C)ncnc43)C[C@H]2NC(c2ccccc2)(c2ccccc2)c2ccccc2)OP1OCCC#N. The van der Waals surface area contributed by atoms with Crippen molar-refractivity contribution >= 4 is 73.2 Å². The van der Waals surface area contributed by atoms with E-state index in [2.05, 4.69) is 110 Å². The number of imidazole rings is 2. The average molecular weight is 1220 g/mol. The third kappa shape index (κ3) is 12.9. The molecule has 8 aromatic rings. The highest BCUT2D eigenvalue weighted by Gasteiger charge is 2.54. The Hall–Kier alpha value is -7.38. The fourth-order valence-corrected chi connectivity index (χ4v) is 15.6. The van der Waals surface area contributed by atoms with Gasteiger partial charge in [0, 0.05) is 56.7 Å². The van der Waals surface area contributed by atoms with Crippen molar-refractivity contribution in [1.29, 1.82) is 10.5 Å². The lowest BCUT2D eigenvalue weighted by Crippen LogP contribution is -2.53. The highest BCUT2D eigenvalue weighted by molar-refractivity contribution is 8.09. The number of rotatable bonds is 24. The molecule has 3 saturated heterocycles. The van der Waals surface area contributed by atoms with E-state index in [0.29, 0.717) is 40.1 Å². The summed E-state index contributed by atoms with van der Waals surface area (Å²) in [4.78, 5) is 47.5. The predicted molar refractivity (Wildman–Crippen MR) is 328 cm³/mol. The van der Waals surface area contributed by atoms with Crippen molar-refractivity contribution in [3.8, 4) is 12.1 Å². The van der Waals surface area contributed by atoms with Crippen molar-refractivity contribution in [2.75, 3.05) is 39.2 Å². The van der Waals surface area contributed by atoms with Crippen LogP contribution in [0.2, 0.25) is 0 Å². The fourth-order valence-electron chi connectivity index (χ4n) is 11.3. The number of anilines is 1. The van der Waals surface area contributed by atoms with Crippen molar-refractivity contribution < 1.29 is 32.4 Å². The first-order valence-electron chi connectivity index (χ1n) is 28.3. The molecule has 0 saturated carbocycles. The molecular weight excluding hydrogens is 1150 g/mol. The molecule has 23 nitrogen and oxygen atoms in total. The Morgan fingerprint density at radius 2 is 1.35 bits per heavy atom. The molecule has 10 atom stereocenters. The Bertz CT molecular complexity index is 3670. The summed E-state index contributed by atoms with van der Waals surface area (Å²) in [5.74, 6) is 0.286. The van der Waals surface area contributed by atoms with Gasteiger partial charge >= 0.3 is 0 Å². The van der Waals surface area contributed by atoms with Crippen molar-refractivity contribution in [2.45, 2.75) is 107 Å². The molecule has 3 fully saturated rings. The molecule has 0 bridgehead atoms. The second kappa shape index (κ2) is 27.1. The first-order valence-corrected chi connectivity index (χ1v) is 32.1. The zero-order chi connectivity index (χ0) is 59.8. The van der Waals surface area contributed by atoms with E-state index < -0.39 is 63.6 Å². The van der Waals surface area contributed by atoms with Crippen molar-refractivity contribution in [2.24, 2.45) is 4.99 Å². The summed E-state index contributed by atoms with van der Waals surface area (Å²) >= 11 is 6.61. The van der Waals surface area contributed by atoms with Crippen molar-refractivity contribution in [3.63, 3.8) is 0 Å². The molecule has 444 valence electrons. The molecule has 3 aliphatic rings. The minimum atomic E-state index is -3.66. The standard InChI is InChI=1S/C60H66N16O7P2S/c1-40(2)76-41(3)53(83-84(76)78-30-18-28-61)54-47(33-50(82-54)75-39-68-52-56(64-36-66-58(52)75)70-59(77)42-20-10-6-11-21-42)72-85(86,79-31-19-29-62)80-34-48-46(32-49(81-48)74-38-67-51-55(69-37-73(4)5)63-35-65-57(51)74)71-60(43-22-12-7-13-23-43,44-24-14-8-15-25-44)45-26-16-9-17-27-45/h6-17,20-27,35-41,46-50,53-54,71H,18-19,30-34H2,1-5H3,(H,72,86)(H,64,66,70,77)/t41?,46-,47-,48?,49-,50-,53?,54?,84?,85?/m1/s1. The highest BCUT2D eigenvalue weighted by Crippen LogP contribution is 2.57. The van der Waals surface area contributed by atoms with Crippen LogP contribution in [0, 0.1) is 22.7 Å². The molecule has 3 aliphatic heterocycles. The number of aliphatic imine (C=N–C) groups is 1. The lowest BCUT2D eigenvalue weighted by atomic mass is 9.76. The van der Waals surface area contributed by atoms with E-state index in [-0.39, 0.29) is 62.9 Å². The molecule has 86 heavy (non-hydrogen) atoms. The van der Waals surface area contributed by atoms with E-state index in [1.807, 2.05) is 84.2 Å². The maximum Gasteiger partial charge on any atom is 0.261 e. The zero-order valence-electron chi connectivity index (χ0n) is 48.1. The molecule has 4 aromatic carbocycles. The van der Waals surface area contributed by atoms with Crippen LogP contribution in [-0.2, 0) is 44.9 Å². The number of hydrogen-bond acceptors (Lipinski definition) is 19. The Kier molecular flexibility index (Phi) is 19.0. The number of ether oxygens (including phenoxy) is 2. The Balaban J connectivity index is 0.955. The van der Waals surface area contributed by atoms with Crippen LogP contribution in [0.4, 0.5) is 11.6 Å². The number of nitrogens with zero attached hydrogens (tertiary/aromatic N) is 13. The molecule has 26 heteroatoms. The number of carbonyl (C=O) groups excluding carboxylic acids is 1. The molecular formula is C60H66N16O7P2S. The van der Waals surface area contributed by atoms with Crippen LogP contribution in [0.1, 0.15) is 86.0 Å². The summed E-state index contributed by atoms with van der Waals surface area (Å²) in [5.41, 5.74) is 4.36. The number of benzene rings is 4. The summed E-state index contributed by atoms with van der Waals surface area (Å²) < 4.78 is 47.1. The number of hydrogen-bond donors (Lipinski definition) is 3. The van der Waals surface area contributed by atoms with Gasteiger partial charge < -0.3 is 37.8 Å². The molecule has 11 rings (SSSR count). The Morgan fingerprint density at radius 3 is 1.97 bits per heavy atom. The minimum absolute atomic E-state index is 0.00129. The third-order valence-electron chi connectivity index (χ3n) is 15.2. The lowest BCUT2D eigenvalue weighted by molar-refractivity contribution is -0.0558. The summed E-state index contributed by atoms with van der Waals surface area (Å²) in [5, 5.41) is 30.1. The van der Waals surface area contributed by atoms with Crippen LogP contribution in [0.3, 0.4) is 0 Å². The molecule has 6 unspecified atom stereocenters. The summed E-state index contributed by atoms with van der Waals surface area (Å²) in [7, 11) is 2.14. The molecule has 0 aliphatic carbocycles. The maximum atomic E-state index is 13.4. The monoisotopic (exact) mass is 1220 g/mol. The van der Waals surface area contributed by atoms with Crippen LogP contribution < -0.4 is 15.7 Å². The van der Waals surface area contributed by atoms with Crippen LogP contribution in [-0.4, -0.2) is 137 Å². The van der Waals surface area contributed by atoms with Gasteiger partial charge in [-0.15, -0.1) is 0 Å². The van der Waals surface area contributed by atoms with Crippen LogP contribution in [0.15, 0.2) is 152 Å². The molecule has 0 spiro atoms. The summed E-state index contributed by atoms with van der Waals surface area (Å²) in [6.07, 6.45) is 5.39. The quantitative estimate of drug-likeness (QED) is 0.0167. The smallest absolute Gasteiger partial charge is 0.261 e. The topological polar surface area (TPSA) is 262 Å². The number of fused-ring (bicyclic) bond motifs is 2. The van der Waals surface area contributed by atoms with E-state index in [1.165, 1.54) is 12.7 Å². The summed E-state index contributed by atoms with van der Waals surface area (Å²) in [6.45, 7) is 2.64. The van der Waals surface area contributed by atoms with Gasteiger partial charge in [-0.3, -0.25) is 19.2 Å². The molecule has 1 amide bonds. The first kappa shape index (κ1) is 60.3. The first-order chi connectivity index (χ1) is 41.9. The number of nitriles is 2. The average Bonchev–Trinajstić information content (AvgIpc) is 3.17. The highest BCUT2D eigenvalue weighted by atomic mass is 32.5. The van der Waals surface area contributed by atoms with Gasteiger partial charge in [0.1, 0.15) is 37.3 Å². The van der Waals surface area contributed by atoms with Crippen molar-refractivity contribution in [1.82, 2.24) is 59.0 Å².